The lowest BCUT2D eigenvalue weighted by atomic mass is 10.0. The maximum absolute atomic E-state index is 12.8. The van der Waals surface area contributed by atoms with Gasteiger partial charge in [0.15, 0.2) is 0 Å². The highest BCUT2D eigenvalue weighted by Gasteiger charge is 2.25. The van der Waals surface area contributed by atoms with Crippen molar-refractivity contribution < 1.29 is 14.3 Å². The maximum atomic E-state index is 12.8. The van der Waals surface area contributed by atoms with Crippen molar-refractivity contribution in [3.63, 3.8) is 0 Å². The molecule has 5 heteroatoms. The molecule has 28 heavy (non-hydrogen) atoms. The number of aromatic hydroxyl groups is 1. The molecular weight excluding hydrogens is 372 g/mol. The van der Waals surface area contributed by atoms with E-state index in [2.05, 4.69) is 13.8 Å². The minimum absolute atomic E-state index is 0.0387. The third-order valence-corrected chi connectivity index (χ3v) is 5.67. The highest BCUT2D eigenvalue weighted by Crippen LogP contribution is 2.45. The fourth-order valence-electron chi connectivity index (χ4n) is 3.05. The number of hydrogen-bond acceptors (Lipinski definition) is 5. The lowest BCUT2D eigenvalue weighted by Gasteiger charge is -2.20. The number of methoxy groups -OCH3 is 1. The summed E-state index contributed by atoms with van der Waals surface area (Å²) in [6, 6.07) is 18.5. The summed E-state index contributed by atoms with van der Waals surface area (Å²) in [4.78, 5) is 13.7. The van der Waals surface area contributed by atoms with E-state index >= 15 is 0 Å². The molecule has 0 saturated carbocycles. The van der Waals surface area contributed by atoms with Crippen molar-refractivity contribution in [3.05, 3.63) is 76.6 Å². The molecule has 1 atom stereocenters. The first-order valence-electron chi connectivity index (χ1n) is 9.21. The molecule has 3 rings (SSSR count). The van der Waals surface area contributed by atoms with Gasteiger partial charge in [0, 0.05) is 21.8 Å². The number of hydrogen-bond donors (Lipinski definition) is 1. The second-order valence-electron chi connectivity index (χ2n) is 6.95. The third kappa shape index (κ3) is 4.60. The number of thioether (sulfide) groups is 1. The van der Waals surface area contributed by atoms with Crippen LogP contribution in [0, 0.1) is 5.92 Å². The molecule has 4 nitrogen and oxygen atoms in total. The van der Waals surface area contributed by atoms with Gasteiger partial charge in [0.2, 0.25) is 0 Å². The van der Waals surface area contributed by atoms with Gasteiger partial charge in [-0.05, 0) is 24.5 Å². The van der Waals surface area contributed by atoms with Crippen LogP contribution in [0.1, 0.15) is 31.1 Å². The van der Waals surface area contributed by atoms with Gasteiger partial charge in [-0.2, -0.15) is 0 Å². The second kappa shape index (κ2) is 9.02. The van der Waals surface area contributed by atoms with Crippen LogP contribution in [0.25, 0.3) is 11.3 Å². The molecule has 0 bridgehead atoms. The molecule has 0 aliphatic rings. The molecule has 0 aliphatic heterocycles. The average Bonchev–Trinajstić information content (AvgIpc) is 2.68. The van der Waals surface area contributed by atoms with Crippen molar-refractivity contribution >= 4 is 11.8 Å². The van der Waals surface area contributed by atoms with E-state index in [9.17, 15) is 9.90 Å². The van der Waals surface area contributed by atoms with Crippen LogP contribution in [0.15, 0.2) is 74.8 Å². The normalized spacial score (nSPS) is 12.1. The van der Waals surface area contributed by atoms with Gasteiger partial charge in [0.1, 0.15) is 17.3 Å². The largest absolute Gasteiger partial charge is 0.507 e. The van der Waals surface area contributed by atoms with Gasteiger partial charge in [-0.15, -0.1) is 11.8 Å². The predicted molar refractivity (Wildman–Crippen MR) is 113 cm³/mol. The van der Waals surface area contributed by atoms with Crippen molar-refractivity contribution in [2.75, 3.05) is 7.11 Å². The molecule has 0 fully saturated rings. The molecule has 1 aromatic heterocycles. The van der Waals surface area contributed by atoms with E-state index < -0.39 is 5.63 Å². The van der Waals surface area contributed by atoms with E-state index in [4.69, 9.17) is 9.15 Å². The van der Waals surface area contributed by atoms with Gasteiger partial charge < -0.3 is 14.3 Å². The molecule has 1 heterocycles. The molecule has 0 radical (unpaired) electrons. The Hall–Kier alpha value is -2.66. The first-order valence-corrected chi connectivity index (χ1v) is 10.1. The zero-order valence-corrected chi connectivity index (χ0v) is 17.0. The monoisotopic (exact) mass is 396 g/mol. The fourth-order valence-corrected chi connectivity index (χ4v) is 4.60. The molecule has 0 saturated heterocycles. The number of para-hydroxylation sites is 1. The van der Waals surface area contributed by atoms with E-state index in [-0.39, 0.29) is 11.0 Å². The Labute approximate surface area is 169 Å². The first kappa shape index (κ1) is 20.1. The van der Waals surface area contributed by atoms with Crippen LogP contribution >= 0.6 is 11.8 Å². The summed E-state index contributed by atoms with van der Waals surface area (Å²) in [5.74, 6) is 1.39. The van der Waals surface area contributed by atoms with Crippen LogP contribution in [-0.2, 0) is 0 Å². The van der Waals surface area contributed by atoms with Crippen molar-refractivity contribution in [3.8, 4) is 22.8 Å². The summed E-state index contributed by atoms with van der Waals surface area (Å²) >= 11 is 1.51. The van der Waals surface area contributed by atoms with Crippen LogP contribution in [0.2, 0.25) is 0 Å². The van der Waals surface area contributed by atoms with Crippen LogP contribution in [0.3, 0.4) is 0 Å². The second-order valence-corrected chi connectivity index (χ2v) is 8.19. The zero-order valence-electron chi connectivity index (χ0n) is 16.2. The van der Waals surface area contributed by atoms with Gasteiger partial charge in [-0.3, -0.25) is 0 Å². The number of rotatable bonds is 7. The minimum Gasteiger partial charge on any atom is -0.507 e. The van der Waals surface area contributed by atoms with Gasteiger partial charge in [0.05, 0.1) is 12.7 Å². The van der Waals surface area contributed by atoms with E-state index in [0.717, 1.165) is 16.2 Å². The Morgan fingerprint density at radius 1 is 1.07 bits per heavy atom. The van der Waals surface area contributed by atoms with Crippen LogP contribution in [0.5, 0.6) is 11.5 Å². The third-order valence-electron chi connectivity index (χ3n) is 4.37. The summed E-state index contributed by atoms with van der Waals surface area (Å²) in [5, 5.41) is 10.5. The summed E-state index contributed by atoms with van der Waals surface area (Å²) in [7, 11) is 1.62. The van der Waals surface area contributed by atoms with Crippen molar-refractivity contribution in [1.82, 2.24) is 0 Å². The first-order chi connectivity index (χ1) is 13.5. The Balaban J connectivity index is 2.02. The van der Waals surface area contributed by atoms with E-state index in [1.165, 1.54) is 17.8 Å². The zero-order chi connectivity index (χ0) is 20.1. The highest BCUT2D eigenvalue weighted by molar-refractivity contribution is 7.99. The molecule has 0 aliphatic carbocycles. The van der Waals surface area contributed by atoms with Crippen LogP contribution in [0.4, 0.5) is 0 Å². The summed E-state index contributed by atoms with van der Waals surface area (Å²) in [5.41, 5.74) is 0.537. The summed E-state index contributed by atoms with van der Waals surface area (Å²) < 4.78 is 11.0. The fraction of sp³-hybridized carbons (Fsp3) is 0.261. The molecule has 3 aromatic rings. The Bertz CT molecular complexity index is 979. The molecule has 0 spiro atoms. The SMILES string of the molecule is COc1ccccc1SC(CC(C)C)c1c(O)cc(-c2ccccc2)oc1=O. The highest BCUT2D eigenvalue weighted by atomic mass is 32.2. The standard InChI is InChI=1S/C23H24O4S/c1-15(2)13-21(28-20-12-8-7-11-18(20)26-3)22-17(24)14-19(27-23(22)25)16-9-5-4-6-10-16/h4-12,14-15,21,24H,13H2,1-3H3. The Kier molecular flexibility index (Phi) is 6.47. The molecular formula is C23H24O4S. The van der Waals surface area contributed by atoms with Gasteiger partial charge >= 0.3 is 5.63 Å². The molecule has 146 valence electrons. The molecule has 1 N–H and O–H groups in total. The molecule has 2 aromatic carbocycles. The van der Waals surface area contributed by atoms with Crippen LogP contribution < -0.4 is 10.4 Å². The molecule has 0 amide bonds. The summed E-state index contributed by atoms with van der Waals surface area (Å²) in [6.07, 6.45) is 0.714. The lowest BCUT2D eigenvalue weighted by molar-refractivity contribution is 0.404. The molecule has 1 unspecified atom stereocenters. The van der Waals surface area contributed by atoms with E-state index in [0.29, 0.717) is 23.7 Å². The average molecular weight is 397 g/mol. The Morgan fingerprint density at radius 2 is 1.75 bits per heavy atom. The lowest BCUT2D eigenvalue weighted by Crippen LogP contribution is -2.13. The van der Waals surface area contributed by atoms with Crippen molar-refractivity contribution in [2.24, 2.45) is 5.92 Å². The topological polar surface area (TPSA) is 59.7 Å². The van der Waals surface area contributed by atoms with Crippen molar-refractivity contribution in [1.29, 1.82) is 0 Å². The number of benzene rings is 2. The van der Waals surface area contributed by atoms with Crippen LogP contribution in [-0.4, -0.2) is 12.2 Å². The Morgan fingerprint density at radius 3 is 2.39 bits per heavy atom. The quantitative estimate of drug-likeness (QED) is 0.504. The summed E-state index contributed by atoms with van der Waals surface area (Å²) in [6.45, 7) is 4.18. The predicted octanol–water partition coefficient (Wildman–Crippen LogP) is 5.90. The van der Waals surface area contributed by atoms with E-state index in [1.807, 2.05) is 54.6 Å². The van der Waals surface area contributed by atoms with Gasteiger partial charge in [0.25, 0.3) is 0 Å². The van der Waals surface area contributed by atoms with E-state index in [1.54, 1.807) is 7.11 Å². The number of ether oxygens (including phenoxy) is 1. The van der Waals surface area contributed by atoms with Crippen molar-refractivity contribution in [2.45, 2.75) is 30.4 Å². The van der Waals surface area contributed by atoms with Gasteiger partial charge in [-0.1, -0.05) is 56.3 Å². The smallest absolute Gasteiger partial charge is 0.344 e. The minimum atomic E-state index is -0.507. The van der Waals surface area contributed by atoms with Gasteiger partial charge in [-0.25, -0.2) is 4.79 Å². The maximum Gasteiger partial charge on any atom is 0.344 e.